The molecule has 4 nitrogen and oxygen atoms in total. The van der Waals surface area contributed by atoms with E-state index in [9.17, 15) is 0 Å². The normalized spacial score (nSPS) is 19.1. The number of pyridine rings is 1. The van der Waals surface area contributed by atoms with Crippen LogP contribution < -0.4 is 10.1 Å². The molecule has 4 heteroatoms. The molecule has 1 atom stereocenters. The fourth-order valence-electron chi connectivity index (χ4n) is 2.11. The summed E-state index contributed by atoms with van der Waals surface area (Å²) in [4.78, 5) is 4.40. The van der Waals surface area contributed by atoms with Crippen LogP contribution in [-0.4, -0.2) is 30.8 Å². The van der Waals surface area contributed by atoms with Gasteiger partial charge in [0.05, 0.1) is 6.10 Å². The van der Waals surface area contributed by atoms with E-state index in [1.165, 1.54) is 5.56 Å². The molecule has 1 aromatic heterocycles. The maximum absolute atomic E-state index is 5.73. The number of nitrogens with one attached hydrogen (secondary N) is 1. The number of aromatic nitrogens is 1. The van der Waals surface area contributed by atoms with Gasteiger partial charge in [0.2, 0.25) is 5.88 Å². The Morgan fingerprint density at radius 1 is 1.50 bits per heavy atom. The highest BCUT2D eigenvalue weighted by molar-refractivity contribution is 5.24. The molecule has 100 valence electrons. The molecule has 1 N–H and O–H groups in total. The van der Waals surface area contributed by atoms with Gasteiger partial charge < -0.3 is 14.8 Å². The van der Waals surface area contributed by atoms with Crippen LogP contribution in [0.3, 0.4) is 0 Å². The number of rotatable bonds is 6. The zero-order valence-corrected chi connectivity index (χ0v) is 11.2. The molecule has 1 aliphatic heterocycles. The second-order valence-electron chi connectivity index (χ2n) is 4.68. The Labute approximate surface area is 109 Å². The maximum Gasteiger partial charge on any atom is 0.213 e. The molecule has 0 saturated carbocycles. The van der Waals surface area contributed by atoms with Gasteiger partial charge in [-0.1, -0.05) is 6.92 Å². The van der Waals surface area contributed by atoms with Crippen molar-refractivity contribution in [3.8, 4) is 5.88 Å². The molecule has 0 radical (unpaired) electrons. The van der Waals surface area contributed by atoms with E-state index >= 15 is 0 Å². The summed E-state index contributed by atoms with van der Waals surface area (Å²) in [5, 5.41) is 3.31. The summed E-state index contributed by atoms with van der Waals surface area (Å²) < 4.78 is 11.3. The van der Waals surface area contributed by atoms with Gasteiger partial charge in [-0.3, -0.25) is 0 Å². The van der Waals surface area contributed by atoms with E-state index in [1.54, 1.807) is 0 Å². The molecule has 1 unspecified atom stereocenters. The minimum Gasteiger partial charge on any atom is -0.475 e. The molecular formula is C14H22N2O2. The monoisotopic (exact) mass is 250 g/mol. The molecule has 18 heavy (non-hydrogen) atoms. The van der Waals surface area contributed by atoms with Crippen molar-refractivity contribution in [1.82, 2.24) is 10.3 Å². The SMILES string of the molecule is CCNCc1cc(C)nc(OCC2CCCO2)c1. The first-order valence-corrected chi connectivity index (χ1v) is 6.70. The first-order valence-electron chi connectivity index (χ1n) is 6.70. The van der Waals surface area contributed by atoms with Gasteiger partial charge in [0, 0.05) is 24.9 Å². The van der Waals surface area contributed by atoms with Crippen molar-refractivity contribution in [3.63, 3.8) is 0 Å². The van der Waals surface area contributed by atoms with Crippen molar-refractivity contribution in [3.05, 3.63) is 23.4 Å². The molecule has 1 saturated heterocycles. The summed E-state index contributed by atoms with van der Waals surface area (Å²) in [6.07, 6.45) is 2.47. The minimum atomic E-state index is 0.240. The molecule has 2 heterocycles. The van der Waals surface area contributed by atoms with E-state index in [0.717, 1.165) is 38.2 Å². The van der Waals surface area contributed by atoms with Crippen LogP contribution in [0.15, 0.2) is 12.1 Å². The predicted molar refractivity (Wildman–Crippen MR) is 70.8 cm³/mol. The smallest absolute Gasteiger partial charge is 0.213 e. The van der Waals surface area contributed by atoms with Crippen molar-refractivity contribution in [1.29, 1.82) is 0 Å². The molecule has 0 aromatic carbocycles. The summed E-state index contributed by atoms with van der Waals surface area (Å²) in [5.41, 5.74) is 2.21. The van der Waals surface area contributed by atoms with E-state index in [2.05, 4.69) is 23.3 Å². The highest BCUT2D eigenvalue weighted by Crippen LogP contribution is 2.16. The van der Waals surface area contributed by atoms with Gasteiger partial charge in [-0.2, -0.15) is 0 Å². The fourth-order valence-corrected chi connectivity index (χ4v) is 2.11. The van der Waals surface area contributed by atoms with Crippen LogP contribution >= 0.6 is 0 Å². The lowest BCUT2D eigenvalue weighted by Gasteiger charge is -2.12. The highest BCUT2D eigenvalue weighted by Gasteiger charge is 2.16. The van der Waals surface area contributed by atoms with Crippen LogP contribution in [0, 0.1) is 6.92 Å². The first kappa shape index (κ1) is 13.3. The topological polar surface area (TPSA) is 43.4 Å². The highest BCUT2D eigenvalue weighted by atomic mass is 16.5. The van der Waals surface area contributed by atoms with Crippen LogP contribution in [0.25, 0.3) is 0 Å². The van der Waals surface area contributed by atoms with Crippen LogP contribution in [0.4, 0.5) is 0 Å². The van der Waals surface area contributed by atoms with Crippen LogP contribution in [0.2, 0.25) is 0 Å². The lowest BCUT2D eigenvalue weighted by atomic mass is 10.2. The third kappa shape index (κ3) is 3.96. The Hall–Kier alpha value is -1.13. The van der Waals surface area contributed by atoms with E-state index in [4.69, 9.17) is 9.47 Å². The Morgan fingerprint density at radius 3 is 3.11 bits per heavy atom. The second kappa shape index (κ2) is 6.71. The lowest BCUT2D eigenvalue weighted by Crippen LogP contribution is -2.17. The third-order valence-electron chi connectivity index (χ3n) is 3.01. The van der Waals surface area contributed by atoms with E-state index in [0.29, 0.717) is 12.5 Å². The van der Waals surface area contributed by atoms with Crippen LogP contribution in [-0.2, 0) is 11.3 Å². The fraction of sp³-hybridized carbons (Fsp3) is 0.643. The summed E-state index contributed by atoms with van der Waals surface area (Å²) in [5.74, 6) is 0.707. The van der Waals surface area contributed by atoms with Gasteiger partial charge in [-0.15, -0.1) is 0 Å². The Kier molecular flexibility index (Phi) is 4.96. The van der Waals surface area contributed by atoms with Gasteiger partial charge >= 0.3 is 0 Å². The van der Waals surface area contributed by atoms with E-state index in [-0.39, 0.29) is 6.10 Å². The van der Waals surface area contributed by atoms with Crippen molar-refractivity contribution in [2.45, 2.75) is 39.3 Å². The van der Waals surface area contributed by atoms with Crippen LogP contribution in [0.1, 0.15) is 31.0 Å². The summed E-state index contributed by atoms with van der Waals surface area (Å²) >= 11 is 0. The number of aryl methyl sites for hydroxylation is 1. The average molecular weight is 250 g/mol. The van der Waals surface area contributed by atoms with Crippen molar-refractivity contribution < 1.29 is 9.47 Å². The Balaban J connectivity index is 1.91. The molecule has 1 aliphatic rings. The molecule has 0 bridgehead atoms. The largest absolute Gasteiger partial charge is 0.475 e. The molecule has 0 amide bonds. The van der Waals surface area contributed by atoms with Gasteiger partial charge in [0.25, 0.3) is 0 Å². The maximum atomic E-state index is 5.73. The summed E-state index contributed by atoms with van der Waals surface area (Å²) in [6.45, 7) is 7.39. The molecule has 1 aromatic rings. The zero-order chi connectivity index (χ0) is 12.8. The van der Waals surface area contributed by atoms with E-state index in [1.807, 2.05) is 13.0 Å². The molecule has 0 aliphatic carbocycles. The molecule has 2 rings (SSSR count). The standard InChI is InChI=1S/C14H22N2O2/c1-3-15-9-12-7-11(2)16-14(8-12)18-10-13-5-4-6-17-13/h7-8,13,15H,3-6,9-10H2,1-2H3. The van der Waals surface area contributed by atoms with Crippen LogP contribution in [0.5, 0.6) is 5.88 Å². The Morgan fingerprint density at radius 2 is 2.39 bits per heavy atom. The molecular weight excluding hydrogens is 228 g/mol. The molecule has 1 fully saturated rings. The number of hydrogen-bond acceptors (Lipinski definition) is 4. The summed E-state index contributed by atoms with van der Waals surface area (Å²) in [6, 6.07) is 4.09. The predicted octanol–water partition coefficient (Wildman–Crippen LogP) is 2.06. The third-order valence-corrected chi connectivity index (χ3v) is 3.01. The van der Waals surface area contributed by atoms with Gasteiger partial charge in [-0.25, -0.2) is 4.98 Å². The lowest BCUT2D eigenvalue weighted by molar-refractivity contribution is 0.0662. The minimum absolute atomic E-state index is 0.240. The van der Waals surface area contributed by atoms with E-state index < -0.39 is 0 Å². The average Bonchev–Trinajstić information content (AvgIpc) is 2.86. The number of hydrogen-bond donors (Lipinski definition) is 1. The van der Waals surface area contributed by atoms with Gasteiger partial charge in [-0.05, 0) is 37.9 Å². The zero-order valence-electron chi connectivity index (χ0n) is 11.2. The van der Waals surface area contributed by atoms with Crippen molar-refractivity contribution >= 4 is 0 Å². The molecule has 0 spiro atoms. The number of ether oxygens (including phenoxy) is 2. The van der Waals surface area contributed by atoms with Gasteiger partial charge in [0.15, 0.2) is 0 Å². The van der Waals surface area contributed by atoms with Gasteiger partial charge in [0.1, 0.15) is 6.61 Å². The number of nitrogens with zero attached hydrogens (tertiary/aromatic N) is 1. The first-order chi connectivity index (χ1) is 8.78. The van der Waals surface area contributed by atoms with Crippen molar-refractivity contribution in [2.75, 3.05) is 19.8 Å². The second-order valence-corrected chi connectivity index (χ2v) is 4.68. The van der Waals surface area contributed by atoms with Crippen molar-refractivity contribution in [2.24, 2.45) is 0 Å². The summed E-state index contributed by atoms with van der Waals surface area (Å²) in [7, 11) is 0. The quantitative estimate of drug-likeness (QED) is 0.839. The Bertz CT molecular complexity index is 376.